The van der Waals surface area contributed by atoms with Crippen molar-refractivity contribution in [2.24, 2.45) is 0 Å². The van der Waals surface area contributed by atoms with E-state index in [4.69, 9.17) is 19.4 Å². The summed E-state index contributed by atoms with van der Waals surface area (Å²) in [5.41, 5.74) is 2.35. The largest absolute Gasteiger partial charge is 0.381 e. The molecule has 10 heteroatoms. The SMILES string of the molecule is Cc1csc2nc(Cc3cnn(C4CCOCC4)c3)nc(NC3CCC(N4CCOCC4=O)CC3)c12. The van der Waals surface area contributed by atoms with Gasteiger partial charge in [-0.05, 0) is 62.0 Å². The molecule has 2 saturated heterocycles. The molecule has 3 aromatic rings. The third kappa shape index (κ3) is 4.99. The number of morpholine rings is 1. The molecule has 1 N–H and O–H groups in total. The number of fused-ring (bicyclic) bond motifs is 1. The topological polar surface area (TPSA) is 94.4 Å². The Kier molecular flexibility index (Phi) is 6.90. The molecule has 5 heterocycles. The van der Waals surface area contributed by atoms with Crippen molar-refractivity contribution in [3.05, 3.63) is 34.7 Å². The van der Waals surface area contributed by atoms with Crippen LogP contribution < -0.4 is 5.32 Å². The molecule has 0 bridgehead atoms. The Hall–Kier alpha value is -2.56. The molecular weight excluding hydrogens is 476 g/mol. The average molecular weight is 511 g/mol. The molecule has 2 aliphatic heterocycles. The Morgan fingerprint density at radius 3 is 2.69 bits per heavy atom. The van der Waals surface area contributed by atoms with E-state index >= 15 is 0 Å². The third-order valence-corrected chi connectivity index (χ3v) is 8.74. The highest BCUT2D eigenvalue weighted by Gasteiger charge is 2.31. The number of aromatic nitrogens is 4. The molecule has 6 rings (SSSR count). The van der Waals surface area contributed by atoms with E-state index < -0.39 is 0 Å². The molecule has 1 aliphatic carbocycles. The lowest BCUT2D eigenvalue weighted by Crippen LogP contribution is -2.49. The summed E-state index contributed by atoms with van der Waals surface area (Å²) < 4.78 is 12.9. The van der Waals surface area contributed by atoms with E-state index in [1.165, 1.54) is 5.56 Å². The van der Waals surface area contributed by atoms with Crippen LogP contribution in [0.4, 0.5) is 5.82 Å². The number of thiophene rings is 1. The Morgan fingerprint density at radius 2 is 1.89 bits per heavy atom. The van der Waals surface area contributed by atoms with Gasteiger partial charge in [-0.1, -0.05) is 0 Å². The lowest BCUT2D eigenvalue weighted by Gasteiger charge is -2.39. The highest BCUT2D eigenvalue weighted by Crippen LogP contribution is 2.33. The quantitative estimate of drug-likeness (QED) is 0.540. The van der Waals surface area contributed by atoms with Crippen molar-refractivity contribution < 1.29 is 14.3 Å². The molecule has 1 saturated carbocycles. The van der Waals surface area contributed by atoms with Crippen LogP contribution in [0.15, 0.2) is 17.8 Å². The van der Waals surface area contributed by atoms with Gasteiger partial charge in [0.2, 0.25) is 5.91 Å². The normalized spacial score (nSPS) is 23.9. The Morgan fingerprint density at radius 1 is 1.06 bits per heavy atom. The van der Waals surface area contributed by atoms with Crippen molar-refractivity contribution in [2.75, 3.05) is 38.3 Å². The summed E-state index contributed by atoms with van der Waals surface area (Å²) in [6.07, 6.45) is 10.8. The van der Waals surface area contributed by atoms with Crippen molar-refractivity contribution in [1.29, 1.82) is 0 Å². The van der Waals surface area contributed by atoms with Gasteiger partial charge in [0.05, 0.1) is 24.2 Å². The number of nitrogens with zero attached hydrogens (tertiary/aromatic N) is 5. The lowest BCUT2D eigenvalue weighted by molar-refractivity contribution is -0.146. The van der Waals surface area contributed by atoms with E-state index in [0.29, 0.717) is 31.2 Å². The van der Waals surface area contributed by atoms with E-state index in [1.54, 1.807) is 11.3 Å². The second-order valence-electron chi connectivity index (χ2n) is 10.2. The second-order valence-corrected chi connectivity index (χ2v) is 11.1. The van der Waals surface area contributed by atoms with Gasteiger partial charge in [-0.25, -0.2) is 9.97 Å². The van der Waals surface area contributed by atoms with Crippen molar-refractivity contribution >= 4 is 33.3 Å². The van der Waals surface area contributed by atoms with Crippen molar-refractivity contribution in [3.8, 4) is 0 Å². The molecule has 1 amide bonds. The first-order valence-electron chi connectivity index (χ1n) is 13.1. The van der Waals surface area contributed by atoms with Gasteiger partial charge in [0, 0.05) is 44.5 Å². The average Bonchev–Trinajstić information content (AvgIpc) is 3.52. The number of anilines is 1. The van der Waals surface area contributed by atoms with Crippen molar-refractivity contribution in [1.82, 2.24) is 24.6 Å². The fraction of sp³-hybridized carbons (Fsp3) is 0.615. The molecule has 0 atom stereocenters. The van der Waals surface area contributed by atoms with E-state index in [1.807, 2.05) is 11.1 Å². The Bertz CT molecular complexity index is 1210. The Balaban J connectivity index is 1.16. The predicted molar refractivity (Wildman–Crippen MR) is 138 cm³/mol. The summed E-state index contributed by atoms with van der Waals surface area (Å²) >= 11 is 1.68. The van der Waals surface area contributed by atoms with Gasteiger partial charge in [0.25, 0.3) is 0 Å². The smallest absolute Gasteiger partial charge is 0.248 e. The molecule has 3 aliphatic rings. The summed E-state index contributed by atoms with van der Waals surface area (Å²) in [4.78, 5) is 25.2. The summed E-state index contributed by atoms with van der Waals surface area (Å²) in [6, 6.07) is 1.09. The molecule has 192 valence electrons. The van der Waals surface area contributed by atoms with Crippen LogP contribution in [0.5, 0.6) is 0 Å². The number of carbonyl (C=O) groups is 1. The van der Waals surface area contributed by atoms with Crippen LogP contribution >= 0.6 is 11.3 Å². The molecular formula is C26H34N6O3S. The maximum absolute atomic E-state index is 12.3. The zero-order valence-electron chi connectivity index (χ0n) is 20.8. The first-order chi connectivity index (χ1) is 17.6. The van der Waals surface area contributed by atoms with Gasteiger partial charge in [-0.2, -0.15) is 5.10 Å². The van der Waals surface area contributed by atoms with Crippen molar-refractivity contribution in [2.45, 2.75) is 70.0 Å². The lowest BCUT2D eigenvalue weighted by atomic mass is 9.89. The monoisotopic (exact) mass is 510 g/mol. The molecule has 0 unspecified atom stereocenters. The van der Waals surface area contributed by atoms with Gasteiger partial charge in [-0.3, -0.25) is 9.48 Å². The zero-order chi connectivity index (χ0) is 24.5. The first kappa shape index (κ1) is 23.8. The molecule has 0 aromatic carbocycles. The minimum atomic E-state index is 0.133. The van der Waals surface area contributed by atoms with Crippen LogP contribution in [-0.4, -0.2) is 75.6 Å². The standard InChI is InChI=1S/C26H34N6O3S/c1-17-16-36-26-24(17)25(28-19-2-4-20(5-3-19)31-8-11-35-15-23(31)33)29-22(30-26)12-18-13-27-32(14-18)21-6-9-34-10-7-21/h13-14,16,19-21H,2-12,15H2,1H3,(H,28,29,30). The number of hydrogen-bond acceptors (Lipinski definition) is 8. The maximum atomic E-state index is 12.3. The van der Waals surface area contributed by atoms with Gasteiger partial charge in [0.1, 0.15) is 23.1 Å². The van der Waals surface area contributed by atoms with E-state index in [2.05, 4.69) is 33.6 Å². The maximum Gasteiger partial charge on any atom is 0.248 e. The van der Waals surface area contributed by atoms with Gasteiger partial charge in [-0.15, -0.1) is 11.3 Å². The van der Waals surface area contributed by atoms with Crippen LogP contribution in [0.25, 0.3) is 10.2 Å². The molecule has 0 radical (unpaired) electrons. The van der Waals surface area contributed by atoms with Crippen molar-refractivity contribution in [3.63, 3.8) is 0 Å². The summed E-state index contributed by atoms with van der Waals surface area (Å²) in [5, 5.41) is 11.7. The third-order valence-electron chi connectivity index (χ3n) is 7.75. The molecule has 3 aromatic heterocycles. The highest BCUT2D eigenvalue weighted by molar-refractivity contribution is 7.17. The molecule has 9 nitrogen and oxygen atoms in total. The fourth-order valence-electron chi connectivity index (χ4n) is 5.75. The molecule has 0 spiro atoms. The number of aryl methyl sites for hydroxylation is 1. The summed E-state index contributed by atoms with van der Waals surface area (Å²) in [6.45, 7) is 5.33. The molecule has 36 heavy (non-hydrogen) atoms. The predicted octanol–water partition coefficient (Wildman–Crippen LogP) is 3.72. The van der Waals surface area contributed by atoms with Crippen LogP contribution in [-0.2, 0) is 20.7 Å². The van der Waals surface area contributed by atoms with Crippen LogP contribution in [0.2, 0.25) is 0 Å². The van der Waals surface area contributed by atoms with E-state index in [9.17, 15) is 4.79 Å². The summed E-state index contributed by atoms with van der Waals surface area (Å²) in [7, 11) is 0. The van der Waals surface area contributed by atoms with E-state index in [0.717, 1.165) is 85.7 Å². The van der Waals surface area contributed by atoms with Crippen LogP contribution in [0, 0.1) is 6.92 Å². The first-order valence-corrected chi connectivity index (χ1v) is 14.0. The highest BCUT2D eigenvalue weighted by atomic mass is 32.1. The van der Waals surface area contributed by atoms with Gasteiger partial charge in [0.15, 0.2) is 0 Å². The van der Waals surface area contributed by atoms with Crippen LogP contribution in [0.3, 0.4) is 0 Å². The number of rotatable bonds is 6. The number of amides is 1. The van der Waals surface area contributed by atoms with Gasteiger partial charge >= 0.3 is 0 Å². The number of nitrogens with one attached hydrogen (secondary N) is 1. The minimum Gasteiger partial charge on any atom is -0.381 e. The minimum absolute atomic E-state index is 0.133. The fourth-order valence-corrected chi connectivity index (χ4v) is 6.69. The number of hydrogen-bond donors (Lipinski definition) is 1. The Labute approximate surface area is 215 Å². The van der Waals surface area contributed by atoms with E-state index in [-0.39, 0.29) is 12.5 Å². The van der Waals surface area contributed by atoms with Crippen LogP contribution in [0.1, 0.15) is 61.5 Å². The number of ether oxygens (including phenoxy) is 2. The summed E-state index contributed by atoms with van der Waals surface area (Å²) in [5.74, 6) is 1.90. The second kappa shape index (κ2) is 10.4. The number of carbonyl (C=O) groups excluding carboxylic acids is 1. The van der Waals surface area contributed by atoms with Gasteiger partial charge < -0.3 is 19.7 Å². The molecule has 3 fully saturated rings. The zero-order valence-corrected chi connectivity index (χ0v) is 21.6.